The monoisotopic (exact) mass is 188 g/mol. The van der Waals surface area contributed by atoms with Crippen LogP contribution in [0.5, 0.6) is 0 Å². The summed E-state index contributed by atoms with van der Waals surface area (Å²) in [5, 5.41) is 8.42. The van der Waals surface area contributed by atoms with Gasteiger partial charge in [0.15, 0.2) is 0 Å². The van der Waals surface area contributed by atoms with E-state index < -0.39 is 23.9 Å². The second kappa shape index (κ2) is 3.44. The van der Waals surface area contributed by atoms with Gasteiger partial charge in [0.25, 0.3) is 0 Å². The first-order chi connectivity index (χ1) is 6.02. The number of nitrogens with zero attached hydrogens (tertiary/aromatic N) is 1. The van der Waals surface area contributed by atoms with Crippen LogP contribution in [0.25, 0.3) is 0 Å². The zero-order valence-corrected chi connectivity index (χ0v) is 6.37. The number of aliphatic carboxylic acids is 1. The smallest absolute Gasteiger partial charge is 0.325 e. The molecule has 3 N–H and O–H groups in total. The summed E-state index contributed by atoms with van der Waals surface area (Å²) in [6.45, 7) is 0. The molecule has 4 nitrogen and oxygen atoms in total. The summed E-state index contributed by atoms with van der Waals surface area (Å²) in [4.78, 5) is 13.1. The molecule has 70 valence electrons. The van der Waals surface area contributed by atoms with E-state index >= 15 is 0 Å². The molecule has 0 aliphatic rings. The van der Waals surface area contributed by atoms with Gasteiger partial charge in [-0.1, -0.05) is 0 Å². The second-order valence-corrected chi connectivity index (χ2v) is 2.33. The molecule has 1 heterocycles. The first-order valence-electron chi connectivity index (χ1n) is 3.32. The minimum atomic E-state index is -1.52. The van der Waals surface area contributed by atoms with Crippen LogP contribution in [-0.4, -0.2) is 16.1 Å². The summed E-state index contributed by atoms with van der Waals surface area (Å²) in [7, 11) is 0. The first kappa shape index (κ1) is 9.53. The fraction of sp³-hybridized carbons (Fsp3) is 0.143. The van der Waals surface area contributed by atoms with E-state index in [2.05, 4.69) is 4.98 Å². The third-order valence-electron chi connectivity index (χ3n) is 1.44. The lowest BCUT2D eigenvalue weighted by Crippen LogP contribution is -2.22. The number of carboxylic acids is 1. The number of carboxylic acid groups (broad SMARTS) is 1. The molecule has 1 rings (SSSR count). The third-order valence-corrected chi connectivity index (χ3v) is 1.44. The topological polar surface area (TPSA) is 76.2 Å². The molecule has 0 unspecified atom stereocenters. The Morgan fingerprint density at radius 3 is 2.62 bits per heavy atom. The third kappa shape index (κ3) is 1.97. The van der Waals surface area contributed by atoms with Crippen molar-refractivity contribution in [2.75, 3.05) is 0 Å². The van der Waals surface area contributed by atoms with Gasteiger partial charge in [0, 0.05) is 5.56 Å². The summed E-state index contributed by atoms with van der Waals surface area (Å²) < 4.78 is 25.0. The lowest BCUT2D eigenvalue weighted by molar-refractivity contribution is -0.138. The number of hydrogen-bond acceptors (Lipinski definition) is 3. The highest BCUT2D eigenvalue weighted by molar-refractivity contribution is 5.75. The van der Waals surface area contributed by atoms with Crippen molar-refractivity contribution < 1.29 is 18.7 Å². The van der Waals surface area contributed by atoms with Crippen LogP contribution in [0, 0.1) is 11.9 Å². The fourth-order valence-corrected chi connectivity index (χ4v) is 0.788. The lowest BCUT2D eigenvalue weighted by atomic mass is 10.1. The van der Waals surface area contributed by atoms with Gasteiger partial charge in [-0.25, -0.2) is 0 Å². The molecule has 0 aliphatic heterocycles. The average molecular weight is 188 g/mol. The molecule has 1 aromatic heterocycles. The van der Waals surface area contributed by atoms with Crippen LogP contribution in [0.15, 0.2) is 12.1 Å². The van der Waals surface area contributed by atoms with Crippen molar-refractivity contribution >= 4 is 5.97 Å². The SMILES string of the molecule is N[C@@H](C(=O)O)c1ccc(F)nc1F. The number of carbonyl (C=O) groups is 1. The second-order valence-electron chi connectivity index (χ2n) is 2.33. The number of rotatable bonds is 2. The molecule has 0 amide bonds. The maximum atomic E-state index is 12.8. The van der Waals surface area contributed by atoms with Crippen molar-refractivity contribution in [2.45, 2.75) is 6.04 Å². The van der Waals surface area contributed by atoms with E-state index in [0.29, 0.717) is 0 Å². The van der Waals surface area contributed by atoms with Crippen molar-refractivity contribution in [1.82, 2.24) is 4.98 Å². The van der Waals surface area contributed by atoms with Crippen LogP contribution < -0.4 is 5.73 Å². The molecule has 0 fully saturated rings. The van der Waals surface area contributed by atoms with E-state index in [1.54, 1.807) is 0 Å². The van der Waals surface area contributed by atoms with Crippen molar-refractivity contribution in [3.63, 3.8) is 0 Å². The predicted molar refractivity (Wildman–Crippen MR) is 38.7 cm³/mol. The maximum absolute atomic E-state index is 12.8. The van der Waals surface area contributed by atoms with E-state index in [9.17, 15) is 13.6 Å². The number of nitrogens with two attached hydrogens (primary N) is 1. The van der Waals surface area contributed by atoms with Crippen LogP contribution in [0.4, 0.5) is 8.78 Å². The number of aromatic nitrogens is 1. The number of halogens is 2. The maximum Gasteiger partial charge on any atom is 0.325 e. The van der Waals surface area contributed by atoms with E-state index in [-0.39, 0.29) is 5.56 Å². The Balaban J connectivity index is 3.08. The van der Waals surface area contributed by atoms with Gasteiger partial charge >= 0.3 is 5.97 Å². The molecule has 0 radical (unpaired) electrons. The van der Waals surface area contributed by atoms with Crippen LogP contribution in [0.3, 0.4) is 0 Å². The lowest BCUT2D eigenvalue weighted by Gasteiger charge is -2.06. The minimum absolute atomic E-state index is 0.339. The predicted octanol–water partition coefficient (Wildman–Crippen LogP) is 0.444. The molecule has 1 aromatic rings. The quantitative estimate of drug-likeness (QED) is 0.660. The average Bonchev–Trinajstić information content (AvgIpc) is 2.03. The molecule has 6 heteroatoms. The Kier molecular flexibility index (Phi) is 2.52. The molecular formula is C7H6F2N2O2. The number of hydrogen-bond donors (Lipinski definition) is 2. The molecule has 0 aromatic carbocycles. The summed E-state index contributed by atoms with van der Waals surface area (Å²) in [5.41, 5.74) is 4.75. The highest BCUT2D eigenvalue weighted by Gasteiger charge is 2.19. The Labute approximate surface area is 72.0 Å². The van der Waals surface area contributed by atoms with Crippen LogP contribution in [-0.2, 0) is 4.79 Å². The largest absolute Gasteiger partial charge is 0.480 e. The Hall–Kier alpha value is -1.56. The van der Waals surface area contributed by atoms with Crippen LogP contribution in [0.1, 0.15) is 11.6 Å². The molecule has 0 aliphatic carbocycles. The van der Waals surface area contributed by atoms with E-state index in [1.807, 2.05) is 0 Å². The van der Waals surface area contributed by atoms with Crippen molar-refractivity contribution in [3.05, 3.63) is 29.6 Å². The first-order valence-corrected chi connectivity index (χ1v) is 3.32. The fourth-order valence-electron chi connectivity index (χ4n) is 0.788. The van der Waals surface area contributed by atoms with Crippen molar-refractivity contribution in [3.8, 4) is 0 Å². The van der Waals surface area contributed by atoms with Crippen LogP contribution >= 0.6 is 0 Å². The van der Waals surface area contributed by atoms with E-state index in [0.717, 1.165) is 12.1 Å². The highest BCUT2D eigenvalue weighted by atomic mass is 19.1. The van der Waals surface area contributed by atoms with Gasteiger partial charge in [0.05, 0.1) is 0 Å². The van der Waals surface area contributed by atoms with Gasteiger partial charge < -0.3 is 10.8 Å². The van der Waals surface area contributed by atoms with Gasteiger partial charge in [-0.05, 0) is 12.1 Å². The van der Waals surface area contributed by atoms with Gasteiger partial charge in [-0.15, -0.1) is 0 Å². The van der Waals surface area contributed by atoms with Crippen LogP contribution in [0.2, 0.25) is 0 Å². The summed E-state index contributed by atoms with van der Waals surface area (Å²) >= 11 is 0. The van der Waals surface area contributed by atoms with Gasteiger partial charge in [-0.2, -0.15) is 13.8 Å². The van der Waals surface area contributed by atoms with Crippen molar-refractivity contribution in [2.24, 2.45) is 5.73 Å². The summed E-state index contributed by atoms with van der Waals surface area (Å²) in [5.74, 6) is -3.61. The normalized spacial score (nSPS) is 12.5. The molecule has 0 spiro atoms. The highest BCUT2D eigenvalue weighted by Crippen LogP contribution is 2.13. The zero-order chi connectivity index (χ0) is 10.0. The molecule has 1 atom stereocenters. The van der Waals surface area contributed by atoms with Gasteiger partial charge in [0.1, 0.15) is 6.04 Å². The summed E-state index contributed by atoms with van der Waals surface area (Å²) in [6, 6.07) is 0.283. The zero-order valence-electron chi connectivity index (χ0n) is 6.37. The Bertz CT molecular complexity index is 343. The minimum Gasteiger partial charge on any atom is -0.480 e. The number of pyridine rings is 1. The molecule has 0 saturated heterocycles. The molecule has 0 saturated carbocycles. The van der Waals surface area contributed by atoms with Crippen molar-refractivity contribution in [1.29, 1.82) is 0 Å². The molecule has 13 heavy (non-hydrogen) atoms. The molecular weight excluding hydrogens is 182 g/mol. The standard InChI is InChI=1S/C7H6F2N2O2/c8-4-2-1-3(6(9)11-4)5(10)7(12)13/h1-2,5H,10H2,(H,12,13)/t5-/m1/s1. The molecule has 0 bridgehead atoms. The summed E-state index contributed by atoms with van der Waals surface area (Å²) in [6.07, 6.45) is 0. The van der Waals surface area contributed by atoms with Gasteiger partial charge in [0.2, 0.25) is 11.9 Å². The van der Waals surface area contributed by atoms with E-state index in [4.69, 9.17) is 10.8 Å². The van der Waals surface area contributed by atoms with E-state index in [1.165, 1.54) is 0 Å². The van der Waals surface area contributed by atoms with Gasteiger partial charge in [-0.3, -0.25) is 4.79 Å². The Morgan fingerprint density at radius 2 is 2.15 bits per heavy atom. The Morgan fingerprint density at radius 1 is 1.54 bits per heavy atom.